The average Bonchev–Trinajstić information content (AvgIpc) is 2.96. The number of alkyl halides is 1. The number of para-hydroxylation sites is 1. The first kappa shape index (κ1) is 19.6. The summed E-state index contributed by atoms with van der Waals surface area (Å²) in [5, 5.41) is 1.38. The Balaban J connectivity index is 1.57. The van der Waals surface area contributed by atoms with Crippen LogP contribution < -0.4 is 4.74 Å². The van der Waals surface area contributed by atoms with Crippen LogP contribution >= 0.6 is 23.4 Å². The van der Waals surface area contributed by atoms with E-state index in [0.717, 1.165) is 30.9 Å². The van der Waals surface area contributed by atoms with Gasteiger partial charge in [-0.2, -0.15) is 0 Å². The van der Waals surface area contributed by atoms with E-state index in [4.69, 9.17) is 16.3 Å². The quantitative estimate of drug-likeness (QED) is 0.240. The molecule has 4 aromatic rings. The zero-order valence-electron chi connectivity index (χ0n) is 16.8. The lowest BCUT2D eigenvalue weighted by atomic mass is 10.0. The Hall–Kier alpha value is -2.36. The zero-order chi connectivity index (χ0) is 20.3. The molecule has 2 heterocycles. The van der Waals surface area contributed by atoms with Gasteiger partial charge >= 0.3 is 0 Å². The molecule has 0 fully saturated rings. The van der Waals surface area contributed by atoms with Gasteiger partial charge in [-0.05, 0) is 48.2 Å². The number of aryl methyl sites for hydroxylation is 1. The Kier molecular flexibility index (Phi) is 5.74. The van der Waals surface area contributed by atoms with E-state index in [-0.39, 0.29) is 0 Å². The number of halogens is 1. The van der Waals surface area contributed by atoms with Crippen LogP contribution in [0, 0.1) is 0 Å². The SMILES string of the molecule is ClCCCOc1ccc(Cn2c3c(c4ccccc42)CCSc2ccccc2-3)cc1. The van der Waals surface area contributed by atoms with E-state index in [1.54, 1.807) is 0 Å². The number of hydrogen-bond donors (Lipinski definition) is 0. The summed E-state index contributed by atoms with van der Waals surface area (Å²) in [4.78, 5) is 1.38. The van der Waals surface area contributed by atoms with Crippen molar-refractivity contribution < 1.29 is 4.74 Å². The number of nitrogens with zero attached hydrogens (tertiary/aromatic N) is 1. The van der Waals surface area contributed by atoms with Gasteiger partial charge in [-0.3, -0.25) is 0 Å². The molecule has 152 valence electrons. The fourth-order valence-electron chi connectivity index (χ4n) is 4.27. The number of aromatic nitrogens is 1. The number of benzene rings is 3. The molecule has 3 aromatic carbocycles. The second-order valence-electron chi connectivity index (χ2n) is 7.56. The largest absolute Gasteiger partial charge is 0.494 e. The van der Waals surface area contributed by atoms with Crippen molar-refractivity contribution in [1.82, 2.24) is 4.57 Å². The second-order valence-corrected chi connectivity index (χ2v) is 9.07. The summed E-state index contributed by atoms with van der Waals surface area (Å²) in [6, 6.07) is 26.1. The molecule has 1 aliphatic heterocycles. The average molecular weight is 434 g/mol. The van der Waals surface area contributed by atoms with Gasteiger partial charge in [0.2, 0.25) is 0 Å². The van der Waals surface area contributed by atoms with Crippen LogP contribution in [0.1, 0.15) is 17.5 Å². The van der Waals surface area contributed by atoms with Crippen LogP contribution in [0.5, 0.6) is 5.75 Å². The summed E-state index contributed by atoms with van der Waals surface area (Å²) < 4.78 is 8.27. The number of thioether (sulfide) groups is 1. The van der Waals surface area contributed by atoms with Gasteiger partial charge in [0.25, 0.3) is 0 Å². The van der Waals surface area contributed by atoms with Gasteiger partial charge in [-0.15, -0.1) is 23.4 Å². The van der Waals surface area contributed by atoms with Crippen LogP contribution in [-0.4, -0.2) is 22.8 Å². The number of rotatable bonds is 6. The minimum absolute atomic E-state index is 0.629. The molecule has 0 bridgehead atoms. The van der Waals surface area contributed by atoms with E-state index in [9.17, 15) is 0 Å². The zero-order valence-corrected chi connectivity index (χ0v) is 18.4. The summed E-state index contributed by atoms with van der Waals surface area (Å²) in [7, 11) is 0. The van der Waals surface area contributed by atoms with E-state index < -0.39 is 0 Å². The van der Waals surface area contributed by atoms with Crippen molar-refractivity contribution in [1.29, 1.82) is 0 Å². The Labute approximate surface area is 186 Å². The maximum absolute atomic E-state index is 5.77. The predicted octanol–water partition coefficient (Wildman–Crippen LogP) is 7.01. The molecule has 1 aliphatic rings. The number of hydrogen-bond acceptors (Lipinski definition) is 2. The van der Waals surface area contributed by atoms with Crippen LogP contribution in [0.15, 0.2) is 77.7 Å². The normalized spacial score (nSPS) is 13.0. The van der Waals surface area contributed by atoms with E-state index >= 15 is 0 Å². The molecule has 0 spiro atoms. The fraction of sp³-hybridized carbons (Fsp3) is 0.231. The molecule has 0 saturated carbocycles. The van der Waals surface area contributed by atoms with E-state index in [1.807, 2.05) is 11.8 Å². The van der Waals surface area contributed by atoms with Crippen LogP contribution in [0.2, 0.25) is 0 Å². The molecule has 0 saturated heterocycles. The summed E-state index contributed by atoms with van der Waals surface area (Å²) in [5.41, 5.74) is 6.79. The number of fused-ring (bicyclic) bond motifs is 5. The summed E-state index contributed by atoms with van der Waals surface area (Å²) in [6.45, 7) is 1.50. The third-order valence-electron chi connectivity index (χ3n) is 5.64. The van der Waals surface area contributed by atoms with Crippen molar-refractivity contribution in [3.05, 3.63) is 83.9 Å². The summed E-state index contributed by atoms with van der Waals surface area (Å²) in [5.74, 6) is 2.65. The van der Waals surface area contributed by atoms with Gasteiger partial charge in [-0.1, -0.05) is 48.5 Å². The minimum Gasteiger partial charge on any atom is -0.494 e. The lowest BCUT2D eigenvalue weighted by molar-refractivity contribution is 0.318. The highest BCUT2D eigenvalue weighted by Crippen LogP contribution is 2.42. The van der Waals surface area contributed by atoms with Gasteiger partial charge in [0.05, 0.1) is 12.3 Å². The molecule has 1 aromatic heterocycles. The molecule has 0 radical (unpaired) electrons. The van der Waals surface area contributed by atoms with Crippen molar-refractivity contribution in [2.75, 3.05) is 18.2 Å². The molecule has 0 amide bonds. The fourth-order valence-corrected chi connectivity index (χ4v) is 5.40. The standard InChI is InChI=1S/C26H24ClNOS/c27-15-5-16-29-20-12-10-19(11-13-20)18-28-24-8-3-1-6-21(24)22-14-17-30-25-9-4-2-7-23(25)26(22)28/h1-4,6-13H,5,14-18H2. The van der Waals surface area contributed by atoms with Crippen molar-refractivity contribution in [2.24, 2.45) is 0 Å². The third kappa shape index (κ3) is 3.73. The molecule has 0 unspecified atom stereocenters. The Bertz CT molecular complexity index is 1170. The Morgan fingerprint density at radius 2 is 1.73 bits per heavy atom. The Morgan fingerprint density at radius 1 is 0.933 bits per heavy atom. The lowest BCUT2D eigenvalue weighted by Gasteiger charge is -2.14. The minimum atomic E-state index is 0.629. The van der Waals surface area contributed by atoms with E-state index in [1.165, 1.54) is 38.2 Å². The van der Waals surface area contributed by atoms with Crippen molar-refractivity contribution >= 4 is 34.3 Å². The van der Waals surface area contributed by atoms with Gasteiger partial charge in [0.1, 0.15) is 5.75 Å². The molecule has 30 heavy (non-hydrogen) atoms. The first-order valence-corrected chi connectivity index (χ1v) is 12.0. The van der Waals surface area contributed by atoms with Crippen LogP contribution in [-0.2, 0) is 13.0 Å². The summed E-state index contributed by atoms with van der Waals surface area (Å²) in [6.07, 6.45) is 1.96. The maximum Gasteiger partial charge on any atom is 0.119 e. The van der Waals surface area contributed by atoms with Crippen LogP contribution in [0.4, 0.5) is 0 Å². The van der Waals surface area contributed by atoms with Crippen molar-refractivity contribution in [3.8, 4) is 17.0 Å². The highest BCUT2D eigenvalue weighted by molar-refractivity contribution is 7.99. The second kappa shape index (κ2) is 8.79. The van der Waals surface area contributed by atoms with Gasteiger partial charge < -0.3 is 9.30 Å². The molecule has 5 rings (SSSR count). The number of ether oxygens (including phenoxy) is 1. The van der Waals surface area contributed by atoms with Crippen LogP contribution in [0.3, 0.4) is 0 Å². The van der Waals surface area contributed by atoms with E-state index in [2.05, 4.69) is 77.4 Å². The van der Waals surface area contributed by atoms with Gasteiger partial charge in [0.15, 0.2) is 0 Å². The lowest BCUT2D eigenvalue weighted by Crippen LogP contribution is -2.03. The summed E-state index contributed by atoms with van der Waals surface area (Å²) >= 11 is 7.71. The predicted molar refractivity (Wildman–Crippen MR) is 128 cm³/mol. The Morgan fingerprint density at radius 3 is 2.60 bits per heavy atom. The van der Waals surface area contributed by atoms with Crippen molar-refractivity contribution in [2.45, 2.75) is 24.3 Å². The third-order valence-corrected chi connectivity index (χ3v) is 6.98. The van der Waals surface area contributed by atoms with Gasteiger partial charge in [0, 0.05) is 39.5 Å². The topological polar surface area (TPSA) is 14.2 Å². The smallest absolute Gasteiger partial charge is 0.119 e. The highest BCUT2D eigenvalue weighted by Gasteiger charge is 2.23. The highest BCUT2D eigenvalue weighted by atomic mass is 35.5. The maximum atomic E-state index is 5.77. The molecule has 0 atom stereocenters. The van der Waals surface area contributed by atoms with E-state index in [0.29, 0.717) is 12.5 Å². The monoisotopic (exact) mass is 433 g/mol. The first-order valence-electron chi connectivity index (χ1n) is 10.4. The first-order chi connectivity index (χ1) is 14.8. The molecule has 4 heteroatoms. The molecule has 2 nitrogen and oxygen atoms in total. The van der Waals surface area contributed by atoms with Crippen LogP contribution in [0.25, 0.3) is 22.2 Å². The molecule has 0 N–H and O–H groups in total. The van der Waals surface area contributed by atoms with Crippen molar-refractivity contribution in [3.63, 3.8) is 0 Å². The molecule has 0 aliphatic carbocycles. The molecular weight excluding hydrogens is 410 g/mol. The van der Waals surface area contributed by atoms with Gasteiger partial charge in [-0.25, -0.2) is 0 Å². The molecular formula is C26H24ClNOS.